The SMILES string of the molecule is CO/N=C(\C(=O)N[C@@H]1C(=O)N2C(C(=O)O)=C(C[n+]3cc4sccn4c3CNS(=O)(=O)O)CS[C@H]12)c1nsc(N)n1. The highest BCUT2D eigenvalue weighted by Crippen LogP contribution is 2.40. The van der Waals surface area contributed by atoms with E-state index in [9.17, 15) is 27.9 Å². The highest BCUT2D eigenvalue weighted by Gasteiger charge is 2.54. The van der Waals surface area contributed by atoms with Gasteiger partial charge in [-0.2, -0.15) is 26.9 Å². The van der Waals surface area contributed by atoms with Gasteiger partial charge < -0.3 is 21.0 Å². The lowest BCUT2D eigenvalue weighted by molar-refractivity contribution is -0.695. The van der Waals surface area contributed by atoms with E-state index in [1.807, 2.05) is 4.72 Å². The van der Waals surface area contributed by atoms with Gasteiger partial charge in [0.1, 0.15) is 49.7 Å². The maximum atomic E-state index is 13.1. The molecule has 0 aliphatic carbocycles. The van der Waals surface area contributed by atoms with Gasteiger partial charge in [0.25, 0.3) is 17.6 Å². The summed E-state index contributed by atoms with van der Waals surface area (Å²) < 4.78 is 41.0. The van der Waals surface area contributed by atoms with Gasteiger partial charge in [-0.1, -0.05) is 16.5 Å². The van der Waals surface area contributed by atoms with Crippen LogP contribution in [0.5, 0.6) is 0 Å². The fraction of sp³-hybridized carbons (Fsp3) is 0.316. The van der Waals surface area contributed by atoms with E-state index in [0.717, 1.165) is 21.3 Å². The Morgan fingerprint density at radius 3 is 2.83 bits per heavy atom. The van der Waals surface area contributed by atoms with E-state index in [0.29, 0.717) is 11.4 Å². The number of carbonyl (C=O) groups is 3. The van der Waals surface area contributed by atoms with E-state index in [4.69, 9.17) is 15.1 Å². The number of aromatic nitrogens is 4. The molecule has 5 rings (SSSR count). The molecule has 17 nitrogen and oxygen atoms in total. The number of thiazole rings is 1. The number of thioether (sulfide) groups is 1. The predicted octanol–water partition coefficient (Wildman–Crippen LogP) is -1.60. The maximum Gasteiger partial charge on any atom is 0.352 e. The molecule has 40 heavy (non-hydrogen) atoms. The molecule has 0 saturated carbocycles. The summed E-state index contributed by atoms with van der Waals surface area (Å²) in [7, 11) is -3.26. The number of nitrogens with two attached hydrogens (primary N) is 1. The van der Waals surface area contributed by atoms with Crippen molar-refractivity contribution >= 4 is 78.4 Å². The molecular weight excluding hydrogens is 611 g/mol. The number of imidazole rings is 1. The lowest BCUT2D eigenvalue weighted by Gasteiger charge is -2.49. The Balaban J connectivity index is 1.38. The number of fused-ring (bicyclic) bond motifs is 2. The van der Waals surface area contributed by atoms with Crippen LogP contribution in [0.2, 0.25) is 0 Å². The number of hydrogen-bond donors (Lipinski definition) is 5. The molecule has 6 N–H and O–H groups in total. The largest absolute Gasteiger partial charge is 0.477 e. The van der Waals surface area contributed by atoms with E-state index < -0.39 is 39.5 Å². The molecule has 2 aliphatic heterocycles. The molecule has 3 aromatic rings. The number of anilines is 1. The number of β-lactam (4-membered cyclic amide) rings is 1. The standard InChI is InChI=1S/C19H19N9O8S4/c1-36-24-11(14-23-19(20)39-25-14)15(29)22-12-16(30)28-13(18(31)32)8(7-38-17(12)28)5-26-6-10-27(2-3-37-10)9(26)4-21-40(33,34)35/h2-3,6,12,17,21H,4-5,7H2,1H3,(H4-,20,22,23,25,29,31,32,33,34,35)/p+1/b24-11-/t12-,17-/m1/s1. The minimum atomic E-state index is -4.48. The smallest absolute Gasteiger partial charge is 0.352 e. The molecule has 21 heteroatoms. The molecular formula is C19H20N9O8S4+. The Bertz CT molecular complexity index is 1690. The molecule has 2 atom stereocenters. The van der Waals surface area contributed by atoms with Crippen molar-refractivity contribution in [2.24, 2.45) is 5.16 Å². The third kappa shape index (κ3) is 5.25. The molecule has 0 radical (unpaired) electrons. The van der Waals surface area contributed by atoms with Crippen LogP contribution in [0.25, 0.3) is 4.83 Å². The molecule has 0 aromatic carbocycles. The minimum absolute atomic E-state index is 0.0284. The van der Waals surface area contributed by atoms with Crippen molar-refractivity contribution in [1.82, 2.24) is 28.7 Å². The summed E-state index contributed by atoms with van der Waals surface area (Å²) in [5.41, 5.74) is 5.45. The Morgan fingerprint density at radius 2 is 2.17 bits per heavy atom. The van der Waals surface area contributed by atoms with E-state index in [1.165, 1.54) is 30.2 Å². The number of carboxylic acid groups (broad SMARTS) is 1. The molecule has 2 amide bonds. The number of carboxylic acids is 1. The Labute approximate surface area is 237 Å². The number of nitrogens with zero attached hydrogens (tertiary/aromatic N) is 6. The van der Waals surface area contributed by atoms with Crippen molar-refractivity contribution < 1.29 is 41.9 Å². The zero-order valence-electron chi connectivity index (χ0n) is 20.2. The van der Waals surface area contributed by atoms with Gasteiger partial charge >= 0.3 is 16.3 Å². The van der Waals surface area contributed by atoms with Crippen molar-refractivity contribution in [3.05, 3.63) is 40.7 Å². The van der Waals surface area contributed by atoms with Crippen molar-refractivity contribution in [3.8, 4) is 0 Å². The molecule has 3 aromatic heterocycles. The van der Waals surface area contributed by atoms with E-state index in [2.05, 4.69) is 19.8 Å². The van der Waals surface area contributed by atoms with Crippen LogP contribution in [0.1, 0.15) is 11.6 Å². The Kier molecular flexibility index (Phi) is 7.50. The fourth-order valence-electron chi connectivity index (χ4n) is 4.25. The van der Waals surface area contributed by atoms with Crippen LogP contribution in [-0.2, 0) is 42.6 Å². The van der Waals surface area contributed by atoms with E-state index in [-0.39, 0.29) is 41.2 Å². The van der Waals surface area contributed by atoms with Crippen molar-refractivity contribution in [2.75, 3.05) is 18.6 Å². The lowest BCUT2D eigenvalue weighted by Crippen LogP contribution is -2.71. The average Bonchev–Trinajstić information content (AvgIpc) is 3.60. The number of amides is 2. The lowest BCUT2D eigenvalue weighted by atomic mass is 10.0. The first-order chi connectivity index (χ1) is 19.0. The first-order valence-corrected chi connectivity index (χ1v) is 15.2. The average molecular weight is 631 g/mol. The monoisotopic (exact) mass is 630 g/mol. The second kappa shape index (κ2) is 10.7. The van der Waals surface area contributed by atoms with E-state index in [1.54, 1.807) is 26.7 Å². The van der Waals surface area contributed by atoms with Crippen LogP contribution in [0.3, 0.4) is 0 Å². The van der Waals surface area contributed by atoms with E-state index >= 15 is 0 Å². The fourth-order valence-corrected chi connectivity index (χ4v) is 7.12. The number of nitrogen functional groups attached to an aromatic ring is 1. The summed E-state index contributed by atoms with van der Waals surface area (Å²) in [4.78, 5) is 48.8. The second-order valence-corrected chi connectivity index (χ2v) is 12.3. The Hall–Kier alpha value is -3.63. The predicted molar refractivity (Wildman–Crippen MR) is 141 cm³/mol. The zero-order valence-corrected chi connectivity index (χ0v) is 23.5. The molecule has 1 saturated heterocycles. The van der Waals surface area contributed by atoms with Crippen LogP contribution < -0.4 is 20.3 Å². The van der Waals surface area contributed by atoms with Gasteiger partial charge in [-0.05, 0) is 0 Å². The van der Waals surface area contributed by atoms with Gasteiger partial charge in [-0.15, -0.1) is 11.8 Å². The number of nitrogens with one attached hydrogen (secondary N) is 2. The Morgan fingerprint density at radius 1 is 1.40 bits per heavy atom. The third-order valence-corrected chi connectivity index (χ3v) is 9.07. The molecule has 2 aliphatic rings. The number of rotatable bonds is 10. The van der Waals surface area contributed by atoms with Gasteiger partial charge in [-0.25, -0.2) is 9.36 Å². The van der Waals surface area contributed by atoms with Crippen molar-refractivity contribution in [3.63, 3.8) is 0 Å². The summed E-state index contributed by atoms with van der Waals surface area (Å²) >= 11 is 3.47. The summed E-state index contributed by atoms with van der Waals surface area (Å²) in [6.45, 7) is -0.239. The van der Waals surface area contributed by atoms with Gasteiger partial charge in [0.05, 0.1) is 0 Å². The van der Waals surface area contributed by atoms with Gasteiger partial charge in [0.2, 0.25) is 16.4 Å². The minimum Gasteiger partial charge on any atom is -0.477 e. The van der Waals surface area contributed by atoms with Crippen LogP contribution >= 0.6 is 34.6 Å². The molecule has 0 unspecified atom stereocenters. The molecule has 1 fully saturated rings. The molecule has 212 valence electrons. The normalized spacial score (nSPS) is 19.5. The number of carbonyl (C=O) groups excluding carboxylic acids is 2. The first kappa shape index (κ1) is 27.9. The summed E-state index contributed by atoms with van der Waals surface area (Å²) in [6.07, 6.45) is 3.42. The summed E-state index contributed by atoms with van der Waals surface area (Å²) in [5, 5.41) is 17.4. The first-order valence-electron chi connectivity index (χ1n) is 11.1. The quantitative estimate of drug-likeness (QED) is 0.0560. The number of hydrogen-bond acceptors (Lipinski definition) is 13. The molecule has 0 bridgehead atoms. The molecule has 5 heterocycles. The van der Waals surface area contributed by atoms with Gasteiger partial charge in [0, 0.05) is 28.2 Å². The second-order valence-electron chi connectivity index (χ2n) is 8.28. The number of oxime groups is 1. The highest BCUT2D eigenvalue weighted by molar-refractivity contribution is 8.00. The number of aliphatic carboxylic acids is 1. The van der Waals surface area contributed by atoms with Crippen LogP contribution in [0.4, 0.5) is 5.13 Å². The maximum absolute atomic E-state index is 13.1. The molecule has 0 spiro atoms. The highest BCUT2D eigenvalue weighted by atomic mass is 32.2. The van der Waals surface area contributed by atoms with Gasteiger partial charge in [0.15, 0.2) is 5.13 Å². The van der Waals surface area contributed by atoms with Crippen LogP contribution in [0, 0.1) is 0 Å². The van der Waals surface area contributed by atoms with Crippen molar-refractivity contribution in [2.45, 2.75) is 24.5 Å². The summed E-state index contributed by atoms with van der Waals surface area (Å²) in [5.74, 6) is -2.22. The zero-order chi connectivity index (χ0) is 28.8. The summed E-state index contributed by atoms with van der Waals surface area (Å²) in [6, 6.07) is -1.05. The van der Waals surface area contributed by atoms with Crippen LogP contribution in [0.15, 0.2) is 34.2 Å². The van der Waals surface area contributed by atoms with Gasteiger partial charge in [-0.3, -0.25) is 19.0 Å². The van der Waals surface area contributed by atoms with Crippen LogP contribution in [-0.4, -0.2) is 84.5 Å². The topological polar surface area (TPSA) is 235 Å². The van der Waals surface area contributed by atoms with Crippen molar-refractivity contribution in [1.29, 1.82) is 0 Å². The third-order valence-electron chi connectivity index (χ3n) is 5.87.